The molecule has 1 aromatic rings. The standard InChI is InChI=1S/C13H21NO/c1-10-8-11(2)13(12(3)9-10)14-6-4-5-7-15/h8-9,14-15H,4-7H2,1-3H3. The van der Waals surface area contributed by atoms with E-state index in [1.807, 2.05) is 0 Å². The van der Waals surface area contributed by atoms with E-state index >= 15 is 0 Å². The van der Waals surface area contributed by atoms with E-state index in [1.54, 1.807) is 0 Å². The molecule has 0 aliphatic heterocycles. The molecule has 0 aliphatic rings. The van der Waals surface area contributed by atoms with Crippen LogP contribution in [0, 0.1) is 20.8 Å². The first-order chi connectivity index (χ1) is 7.15. The topological polar surface area (TPSA) is 32.3 Å². The van der Waals surface area contributed by atoms with Gasteiger partial charge in [-0.15, -0.1) is 0 Å². The molecule has 0 atom stereocenters. The zero-order valence-corrected chi connectivity index (χ0v) is 9.93. The van der Waals surface area contributed by atoms with E-state index in [2.05, 4.69) is 38.2 Å². The van der Waals surface area contributed by atoms with Crippen LogP contribution in [-0.2, 0) is 0 Å². The lowest BCUT2D eigenvalue weighted by molar-refractivity contribution is 0.286. The van der Waals surface area contributed by atoms with Crippen molar-refractivity contribution >= 4 is 5.69 Å². The van der Waals surface area contributed by atoms with Crippen LogP contribution in [-0.4, -0.2) is 18.3 Å². The average Bonchev–Trinajstić information content (AvgIpc) is 2.15. The molecular formula is C13H21NO. The predicted octanol–water partition coefficient (Wildman–Crippen LogP) is 2.80. The minimum Gasteiger partial charge on any atom is -0.396 e. The lowest BCUT2D eigenvalue weighted by Crippen LogP contribution is -2.05. The number of hydrogen-bond acceptors (Lipinski definition) is 2. The molecule has 0 saturated carbocycles. The molecule has 0 spiro atoms. The summed E-state index contributed by atoms with van der Waals surface area (Å²) in [4.78, 5) is 0. The third-order valence-electron chi connectivity index (χ3n) is 2.56. The normalized spacial score (nSPS) is 10.4. The number of benzene rings is 1. The van der Waals surface area contributed by atoms with Gasteiger partial charge in [0.2, 0.25) is 0 Å². The van der Waals surface area contributed by atoms with Crippen LogP contribution in [0.5, 0.6) is 0 Å². The zero-order valence-electron chi connectivity index (χ0n) is 9.93. The summed E-state index contributed by atoms with van der Waals surface area (Å²) in [5.41, 5.74) is 5.16. The van der Waals surface area contributed by atoms with Gasteiger partial charge in [0.1, 0.15) is 0 Å². The number of unbranched alkanes of at least 4 members (excludes halogenated alkanes) is 1. The van der Waals surface area contributed by atoms with Gasteiger partial charge >= 0.3 is 0 Å². The summed E-state index contributed by atoms with van der Waals surface area (Å²) >= 11 is 0. The van der Waals surface area contributed by atoms with Crippen molar-refractivity contribution in [2.24, 2.45) is 0 Å². The second-order valence-electron chi connectivity index (χ2n) is 4.13. The molecule has 0 aliphatic carbocycles. The monoisotopic (exact) mass is 207 g/mol. The summed E-state index contributed by atoms with van der Waals surface area (Å²) in [7, 11) is 0. The van der Waals surface area contributed by atoms with Crippen molar-refractivity contribution in [3.05, 3.63) is 28.8 Å². The van der Waals surface area contributed by atoms with Crippen LogP contribution in [0.15, 0.2) is 12.1 Å². The van der Waals surface area contributed by atoms with Crippen molar-refractivity contribution in [3.8, 4) is 0 Å². The van der Waals surface area contributed by atoms with Gasteiger partial charge in [-0.3, -0.25) is 0 Å². The average molecular weight is 207 g/mol. The first kappa shape index (κ1) is 12.1. The van der Waals surface area contributed by atoms with Crippen LogP contribution >= 0.6 is 0 Å². The lowest BCUT2D eigenvalue weighted by atomic mass is 10.1. The smallest absolute Gasteiger partial charge is 0.0431 e. The van der Waals surface area contributed by atoms with Gasteiger partial charge in [-0.25, -0.2) is 0 Å². The maximum atomic E-state index is 8.68. The lowest BCUT2D eigenvalue weighted by Gasteiger charge is -2.13. The van der Waals surface area contributed by atoms with Crippen molar-refractivity contribution < 1.29 is 5.11 Å². The molecule has 15 heavy (non-hydrogen) atoms. The van der Waals surface area contributed by atoms with Crippen LogP contribution in [0.4, 0.5) is 5.69 Å². The summed E-state index contributed by atoms with van der Waals surface area (Å²) in [6.07, 6.45) is 1.89. The third-order valence-corrected chi connectivity index (χ3v) is 2.56. The van der Waals surface area contributed by atoms with Crippen molar-refractivity contribution in [1.82, 2.24) is 0 Å². The second kappa shape index (κ2) is 5.76. The van der Waals surface area contributed by atoms with Gasteiger partial charge in [-0.05, 0) is 44.7 Å². The fourth-order valence-electron chi connectivity index (χ4n) is 1.91. The zero-order chi connectivity index (χ0) is 11.3. The van der Waals surface area contributed by atoms with Gasteiger partial charge in [0, 0.05) is 18.8 Å². The minimum atomic E-state index is 0.285. The Labute approximate surface area is 92.3 Å². The number of aliphatic hydroxyl groups excluding tert-OH is 1. The van der Waals surface area contributed by atoms with Crippen molar-refractivity contribution in [2.75, 3.05) is 18.5 Å². The minimum absolute atomic E-state index is 0.285. The van der Waals surface area contributed by atoms with Crippen LogP contribution in [0.25, 0.3) is 0 Å². The predicted molar refractivity (Wildman–Crippen MR) is 65.5 cm³/mol. The third kappa shape index (κ3) is 3.56. The highest BCUT2D eigenvalue weighted by atomic mass is 16.2. The molecule has 0 radical (unpaired) electrons. The van der Waals surface area contributed by atoms with Crippen molar-refractivity contribution in [1.29, 1.82) is 0 Å². The first-order valence-corrected chi connectivity index (χ1v) is 5.57. The highest BCUT2D eigenvalue weighted by Gasteiger charge is 2.02. The highest BCUT2D eigenvalue weighted by molar-refractivity contribution is 5.58. The van der Waals surface area contributed by atoms with Gasteiger partial charge in [0.25, 0.3) is 0 Å². The molecule has 84 valence electrons. The quantitative estimate of drug-likeness (QED) is 0.728. The maximum Gasteiger partial charge on any atom is 0.0431 e. The summed E-state index contributed by atoms with van der Waals surface area (Å²) in [5.74, 6) is 0. The summed E-state index contributed by atoms with van der Waals surface area (Å²) in [6.45, 7) is 7.61. The summed E-state index contributed by atoms with van der Waals surface area (Å²) in [6, 6.07) is 4.39. The van der Waals surface area contributed by atoms with Gasteiger partial charge < -0.3 is 10.4 Å². The Bertz CT molecular complexity index is 297. The fraction of sp³-hybridized carbons (Fsp3) is 0.538. The van der Waals surface area contributed by atoms with Crippen LogP contribution in [0.2, 0.25) is 0 Å². The number of nitrogens with one attached hydrogen (secondary N) is 1. The number of rotatable bonds is 5. The Balaban J connectivity index is 2.60. The van der Waals surface area contributed by atoms with Crippen molar-refractivity contribution in [2.45, 2.75) is 33.6 Å². The molecule has 2 nitrogen and oxygen atoms in total. The summed E-state index contributed by atoms with van der Waals surface area (Å²) in [5, 5.41) is 12.1. The Morgan fingerprint density at radius 3 is 2.20 bits per heavy atom. The Morgan fingerprint density at radius 2 is 1.67 bits per heavy atom. The first-order valence-electron chi connectivity index (χ1n) is 5.57. The highest BCUT2D eigenvalue weighted by Crippen LogP contribution is 2.21. The van der Waals surface area contributed by atoms with Gasteiger partial charge in [-0.2, -0.15) is 0 Å². The van der Waals surface area contributed by atoms with Crippen molar-refractivity contribution in [3.63, 3.8) is 0 Å². The van der Waals surface area contributed by atoms with Gasteiger partial charge in [0.05, 0.1) is 0 Å². The van der Waals surface area contributed by atoms with E-state index in [0.29, 0.717) is 0 Å². The molecular weight excluding hydrogens is 186 g/mol. The van der Waals surface area contributed by atoms with E-state index in [-0.39, 0.29) is 6.61 Å². The van der Waals surface area contributed by atoms with Gasteiger partial charge in [0.15, 0.2) is 0 Å². The Hall–Kier alpha value is -1.02. The molecule has 1 rings (SSSR count). The maximum absolute atomic E-state index is 8.68. The second-order valence-corrected chi connectivity index (χ2v) is 4.13. The molecule has 0 saturated heterocycles. The van der Waals surface area contributed by atoms with E-state index in [4.69, 9.17) is 5.11 Å². The summed E-state index contributed by atoms with van der Waals surface area (Å²) < 4.78 is 0. The van der Waals surface area contributed by atoms with Gasteiger partial charge in [-0.1, -0.05) is 17.7 Å². The van der Waals surface area contributed by atoms with E-state index in [9.17, 15) is 0 Å². The largest absolute Gasteiger partial charge is 0.396 e. The molecule has 2 N–H and O–H groups in total. The molecule has 0 bridgehead atoms. The molecule has 2 heteroatoms. The molecule has 0 unspecified atom stereocenters. The van der Waals surface area contributed by atoms with Crippen LogP contribution in [0.3, 0.4) is 0 Å². The Morgan fingerprint density at radius 1 is 1.07 bits per heavy atom. The number of anilines is 1. The molecule has 0 fully saturated rings. The SMILES string of the molecule is Cc1cc(C)c(NCCCCO)c(C)c1. The Kier molecular flexibility index (Phi) is 4.63. The molecule has 0 heterocycles. The molecule has 0 aromatic heterocycles. The van der Waals surface area contributed by atoms with E-state index in [1.165, 1.54) is 22.4 Å². The van der Waals surface area contributed by atoms with E-state index in [0.717, 1.165) is 19.4 Å². The number of aryl methyl sites for hydroxylation is 3. The van der Waals surface area contributed by atoms with Crippen LogP contribution in [0.1, 0.15) is 29.5 Å². The number of aliphatic hydroxyl groups is 1. The molecule has 0 amide bonds. The van der Waals surface area contributed by atoms with Crippen LogP contribution < -0.4 is 5.32 Å². The number of hydrogen-bond donors (Lipinski definition) is 2. The van der Waals surface area contributed by atoms with E-state index < -0.39 is 0 Å². The fourth-order valence-corrected chi connectivity index (χ4v) is 1.91. The molecule has 1 aromatic carbocycles.